The number of unbranched alkanes of at least 4 members (excludes halogenated alkanes) is 13. The third-order valence-corrected chi connectivity index (χ3v) is 43.7. The van der Waals surface area contributed by atoms with Crippen LogP contribution in [-0.4, -0.2) is 39.8 Å². The number of hydrogen-bond donors (Lipinski definition) is 0. The lowest BCUT2D eigenvalue weighted by Gasteiger charge is -2.41. The van der Waals surface area contributed by atoms with E-state index in [-0.39, 0.29) is 23.6 Å². The second-order valence-corrected chi connectivity index (χ2v) is 47.1. The second-order valence-electron chi connectivity index (χ2n) is 31.9. The molecule has 0 N–H and O–H groups in total. The van der Waals surface area contributed by atoms with Gasteiger partial charge in [0.05, 0.1) is 43.4 Å². The summed E-state index contributed by atoms with van der Waals surface area (Å²) in [5.74, 6) is 0.747. The van der Waals surface area contributed by atoms with Crippen molar-refractivity contribution in [2.45, 2.75) is 286 Å². The van der Waals surface area contributed by atoms with E-state index in [1.807, 2.05) is 83.5 Å². The molecule has 4 unspecified atom stereocenters. The number of hydrogen-bond acceptors (Lipinski definition) is 10. The van der Waals surface area contributed by atoms with Crippen LogP contribution in [0.25, 0.3) is 39.0 Å². The normalized spacial score (nSPS) is 17.8. The molecule has 10 heterocycles. The van der Waals surface area contributed by atoms with Gasteiger partial charge >= 0.3 is 0 Å². The first-order valence-electron chi connectivity index (χ1n) is 41.4. The van der Waals surface area contributed by atoms with Crippen molar-refractivity contribution in [2.75, 3.05) is 9.80 Å². The largest absolute Gasteiger partial charge is 0.268 e. The van der Waals surface area contributed by atoms with Gasteiger partial charge in [0, 0.05) is 48.8 Å². The van der Waals surface area contributed by atoms with Crippen LogP contribution in [0.3, 0.4) is 0 Å². The minimum Gasteiger partial charge on any atom is -0.268 e. The Hall–Kier alpha value is -5.43. The van der Waals surface area contributed by atoms with E-state index in [1.54, 1.807) is 38.2 Å². The Morgan fingerprint density at radius 3 is 1.24 bits per heavy atom. The van der Waals surface area contributed by atoms with Crippen LogP contribution < -0.4 is 35.7 Å². The van der Waals surface area contributed by atoms with Crippen molar-refractivity contribution in [3.8, 4) is 39.0 Å². The maximum atomic E-state index is 14.4. The van der Waals surface area contributed by atoms with E-state index < -0.39 is 16.1 Å². The van der Waals surface area contributed by atoms with Crippen molar-refractivity contribution in [3.05, 3.63) is 156 Å². The molecule has 3 aromatic carbocycles. The van der Waals surface area contributed by atoms with Crippen molar-refractivity contribution in [3.63, 3.8) is 0 Å². The molecule has 0 saturated heterocycles. The van der Waals surface area contributed by atoms with Gasteiger partial charge < -0.3 is 0 Å². The van der Waals surface area contributed by atoms with Crippen molar-refractivity contribution in [1.29, 1.82) is 0 Å². The first-order chi connectivity index (χ1) is 51.6. The van der Waals surface area contributed by atoms with Crippen LogP contribution in [0, 0.1) is 39.5 Å². The zero-order valence-electron chi connectivity index (χ0n) is 65.6. The molecule has 4 amide bonds. The Bertz CT molecular complexity index is 4550. The molecule has 0 bridgehead atoms. The number of benzene rings is 3. The summed E-state index contributed by atoms with van der Waals surface area (Å²) < 4.78 is 0. The minimum atomic E-state index is -2.41. The van der Waals surface area contributed by atoms with Crippen molar-refractivity contribution in [2.24, 2.45) is 11.8 Å². The molecule has 9 aromatic rings. The summed E-state index contributed by atoms with van der Waals surface area (Å²) >= 11 is 11.0. The van der Waals surface area contributed by atoms with E-state index in [0.717, 1.165) is 55.1 Å². The quantitative estimate of drug-likeness (QED) is 0.0225. The summed E-state index contributed by atoms with van der Waals surface area (Å²) in [5.41, 5.74) is 8.60. The van der Waals surface area contributed by atoms with Gasteiger partial charge in [-0.25, -0.2) is 9.80 Å². The average molecular weight is 1560 g/mol. The highest BCUT2D eigenvalue weighted by Gasteiger charge is 2.55. The molecule has 6 aromatic heterocycles. The van der Waals surface area contributed by atoms with Gasteiger partial charge in [0.2, 0.25) is 0 Å². The first kappa shape index (κ1) is 78.7. The highest BCUT2D eigenvalue weighted by atomic mass is 32.1. The molecule has 4 aliphatic heterocycles. The zero-order valence-corrected chi connectivity index (χ0v) is 72.5. The monoisotopic (exact) mass is 1560 g/mol. The molecular formula is C92H116N2O4S6Si2. The summed E-state index contributed by atoms with van der Waals surface area (Å²) in [4.78, 5) is 74.8. The molecule has 0 spiro atoms. The van der Waals surface area contributed by atoms with Crippen LogP contribution in [0.15, 0.2) is 97.1 Å². The summed E-state index contributed by atoms with van der Waals surface area (Å²) in [6, 6.07) is 38.9. The Labute approximate surface area is 661 Å². The summed E-state index contributed by atoms with van der Waals surface area (Å²) in [5, 5.41) is 8.06. The third kappa shape index (κ3) is 15.4. The molecule has 14 heteroatoms. The number of amides is 4. The van der Waals surface area contributed by atoms with Gasteiger partial charge in [0.15, 0.2) is 8.07 Å². The van der Waals surface area contributed by atoms with Gasteiger partial charge in [0.25, 0.3) is 23.6 Å². The number of imide groups is 2. The fourth-order valence-corrected chi connectivity index (χ4v) is 41.3. The molecule has 4 atom stereocenters. The Morgan fingerprint density at radius 1 is 0.377 bits per heavy atom. The minimum absolute atomic E-state index is 0.152. The van der Waals surface area contributed by atoms with Crippen LogP contribution in [-0.2, 0) is 19.3 Å². The van der Waals surface area contributed by atoms with Crippen LogP contribution >= 0.6 is 68.0 Å². The first-order valence-corrected chi connectivity index (χ1v) is 50.8. The predicted molar refractivity (Wildman–Crippen MR) is 468 cm³/mol. The Kier molecular flexibility index (Phi) is 26.2. The molecular weight excluding hydrogens is 1450 g/mol. The van der Waals surface area contributed by atoms with Gasteiger partial charge in [-0.1, -0.05) is 251 Å². The lowest BCUT2D eigenvalue weighted by atomic mass is 10.00. The summed E-state index contributed by atoms with van der Waals surface area (Å²) in [7, 11) is -4.48. The van der Waals surface area contributed by atoms with E-state index in [1.165, 1.54) is 256 Å². The lowest BCUT2D eigenvalue weighted by molar-refractivity contribution is 0.0910. The van der Waals surface area contributed by atoms with Crippen molar-refractivity contribution in [1.82, 2.24) is 0 Å². The predicted octanol–water partition coefficient (Wildman–Crippen LogP) is 25.8. The topological polar surface area (TPSA) is 74.8 Å². The highest BCUT2D eigenvalue weighted by molar-refractivity contribution is 7.34. The molecule has 1 fully saturated rings. The Balaban J connectivity index is 0.000000188. The summed E-state index contributed by atoms with van der Waals surface area (Å²) in [6.45, 7) is 24.9. The number of carbonyl (C=O) groups is 4. The number of anilines is 2. The fourth-order valence-electron chi connectivity index (χ4n) is 18.8. The number of nitrogens with zero attached hydrogens (tertiary/aromatic N) is 2. The van der Waals surface area contributed by atoms with E-state index in [0.29, 0.717) is 39.5 Å². The smallest absolute Gasteiger partial charge is 0.267 e. The molecule has 1 saturated carbocycles. The van der Waals surface area contributed by atoms with Gasteiger partial charge in [0.1, 0.15) is 8.07 Å². The standard InChI is InChI=1S/C48H59NO2S3Si.C44H57NO2S3Si/c1-7-11-14-15-16-17-20-36-21-25-37(26-22-36)49-47(50)42-33(6)53-44(43(42)48(49)51)39-30-41-46(54-39)45-40(29-32(5)52-45)55(41,31-34(10-4)18-12-8-2)38-27-23-35(24-28-38)19-13-9-3;1-6-9-11-12-13-15-19-32-22-24-33(25-23-32)45-43(46)38-30(5)49-40(39(38)44(45)47)35-27-37-42(50-35)41-36(26-29(4)48-41)51(37,34-20-16-14-17-21-34)28-31(8-3)18-10-7-2/h21-30,34H,7-20,31H2,1-6H3;22-27,31,34H,6-21,28H2,1-5H3. The van der Waals surface area contributed by atoms with Crippen LogP contribution in [0.1, 0.15) is 299 Å². The maximum Gasteiger partial charge on any atom is 0.267 e. The molecule has 14 rings (SSSR count). The van der Waals surface area contributed by atoms with Gasteiger partial charge in [-0.15, -0.1) is 68.0 Å². The van der Waals surface area contributed by atoms with Crippen LogP contribution in [0.2, 0.25) is 17.6 Å². The number of carbonyl (C=O) groups excluding carboxylic acids is 4. The average Bonchev–Trinajstić information content (AvgIpc) is 1.54. The van der Waals surface area contributed by atoms with Gasteiger partial charge in [-0.3, -0.25) is 19.2 Å². The maximum absolute atomic E-state index is 14.4. The van der Waals surface area contributed by atoms with Gasteiger partial charge in [-0.05, 0) is 187 Å². The number of thiophene rings is 6. The third-order valence-electron chi connectivity index (χ3n) is 24.6. The van der Waals surface area contributed by atoms with Crippen LogP contribution in [0.5, 0.6) is 0 Å². The molecule has 5 aliphatic rings. The number of aryl methyl sites for hydroxylation is 7. The zero-order chi connectivity index (χ0) is 74.4. The van der Waals surface area contributed by atoms with Crippen molar-refractivity contribution >= 4 is 145 Å². The van der Waals surface area contributed by atoms with Crippen molar-refractivity contribution < 1.29 is 19.2 Å². The Morgan fingerprint density at radius 2 is 0.755 bits per heavy atom. The van der Waals surface area contributed by atoms with Crippen LogP contribution in [0.4, 0.5) is 11.4 Å². The van der Waals surface area contributed by atoms with E-state index in [2.05, 4.69) is 135 Å². The SMILES string of the molecule is CCCCCCCCc1ccc(N2C(=O)c3c(C)sc(-c4cc5c(s4)-c4sc(C)cc4[Si]5(CC(CC)CCCC)C4CCCCC4)c3C2=O)cc1.CCCCCCCCc1ccc(N2C(=O)c3c(C)sc(-c4cc5c(s4)-c4sc(C)cc4[Si]5(CC(CC)CCCC)c4ccc(CCCC)cc4)c3C2=O)cc1. The molecule has 106 heavy (non-hydrogen) atoms. The van der Waals surface area contributed by atoms with E-state index in [4.69, 9.17) is 0 Å². The number of fused-ring (bicyclic) bond motifs is 8. The second kappa shape index (κ2) is 35.3. The molecule has 6 nitrogen and oxygen atoms in total. The molecule has 1 aliphatic carbocycles. The highest BCUT2D eigenvalue weighted by Crippen LogP contribution is 2.55. The number of rotatable bonds is 35. The molecule has 562 valence electrons. The van der Waals surface area contributed by atoms with E-state index >= 15 is 0 Å². The molecule has 0 radical (unpaired) electrons. The fraction of sp³-hybridized carbons (Fsp3) is 0.500. The van der Waals surface area contributed by atoms with E-state index in [9.17, 15) is 19.2 Å². The lowest BCUT2D eigenvalue weighted by Crippen LogP contribution is -2.65. The van der Waals surface area contributed by atoms with Gasteiger partial charge in [-0.2, -0.15) is 0 Å². The summed E-state index contributed by atoms with van der Waals surface area (Å²) in [6.07, 6.45) is 37.9.